The van der Waals surface area contributed by atoms with Gasteiger partial charge < -0.3 is 19.5 Å². The van der Waals surface area contributed by atoms with E-state index in [-0.39, 0.29) is 0 Å². The zero-order chi connectivity index (χ0) is 14.3. The molecule has 0 unspecified atom stereocenters. The topological polar surface area (TPSA) is 41.9 Å². The van der Waals surface area contributed by atoms with Crippen LogP contribution >= 0.6 is 15.9 Å². The van der Waals surface area contributed by atoms with Crippen molar-refractivity contribution in [3.8, 4) is 0 Å². The second-order valence-electron chi connectivity index (χ2n) is 4.36. The molecule has 0 saturated heterocycles. The van der Waals surface area contributed by atoms with E-state index in [4.69, 9.17) is 9.47 Å². The zero-order valence-electron chi connectivity index (χ0n) is 11.7. The van der Waals surface area contributed by atoms with Gasteiger partial charge in [-0.15, -0.1) is 0 Å². The number of methoxy groups -OCH3 is 2. The van der Waals surface area contributed by atoms with Gasteiger partial charge in [0.1, 0.15) is 0 Å². The molecule has 0 aliphatic heterocycles. The number of halogens is 1. The third-order valence-corrected chi connectivity index (χ3v) is 3.56. The lowest BCUT2D eigenvalue weighted by Gasteiger charge is -2.26. The van der Waals surface area contributed by atoms with E-state index in [2.05, 4.69) is 20.8 Å². The van der Waals surface area contributed by atoms with Gasteiger partial charge in [0, 0.05) is 31.8 Å². The molecule has 1 aromatic carbocycles. The molecule has 0 aromatic heterocycles. The number of aliphatic hydroxyl groups excluding tert-OH is 1. The van der Waals surface area contributed by atoms with Gasteiger partial charge in [-0.25, -0.2) is 0 Å². The zero-order valence-corrected chi connectivity index (χ0v) is 13.3. The first-order valence-corrected chi connectivity index (χ1v) is 7.09. The van der Waals surface area contributed by atoms with Crippen molar-refractivity contribution in [1.29, 1.82) is 0 Å². The van der Waals surface area contributed by atoms with Crippen molar-refractivity contribution in [2.24, 2.45) is 0 Å². The molecule has 4 nitrogen and oxygen atoms in total. The summed E-state index contributed by atoms with van der Waals surface area (Å²) >= 11 is 3.57. The molecular weight excluding hydrogens is 310 g/mol. The molecule has 0 aliphatic carbocycles. The Morgan fingerprint density at radius 2 is 1.79 bits per heavy atom. The molecule has 0 fully saturated rings. The molecular formula is C14H22BrNO3. The van der Waals surface area contributed by atoms with E-state index in [0.29, 0.717) is 13.2 Å². The minimum absolute atomic E-state index is 0.461. The molecule has 0 heterocycles. The predicted octanol–water partition coefficient (Wildman–Crippen LogP) is 2.60. The van der Waals surface area contributed by atoms with Gasteiger partial charge in [0.25, 0.3) is 0 Å². The highest BCUT2D eigenvalue weighted by molar-refractivity contribution is 9.10. The molecule has 19 heavy (non-hydrogen) atoms. The van der Waals surface area contributed by atoms with Crippen LogP contribution in [0.5, 0.6) is 0 Å². The van der Waals surface area contributed by atoms with Crippen LogP contribution in [0.4, 0.5) is 5.69 Å². The van der Waals surface area contributed by atoms with Crippen LogP contribution < -0.4 is 4.90 Å². The summed E-state index contributed by atoms with van der Waals surface area (Å²) in [5, 5.41) is 9.59. The maximum absolute atomic E-state index is 9.59. The van der Waals surface area contributed by atoms with Crippen LogP contribution in [0.15, 0.2) is 22.7 Å². The van der Waals surface area contributed by atoms with Crippen molar-refractivity contribution in [3.63, 3.8) is 0 Å². The highest BCUT2D eigenvalue weighted by Gasteiger charge is 2.11. The number of benzene rings is 1. The standard InChI is InChI=1S/C14H22BrNO3/c1-11(17)12-4-5-14(13(15)10-12)16(6-8-18-2)7-9-19-3/h4-5,10-11,17H,6-9H2,1-3H3/t11-/m0/s1. The van der Waals surface area contributed by atoms with E-state index in [1.54, 1.807) is 21.1 Å². The predicted molar refractivity (Wildman–Crippen MR) is 80.7 cm³/mol. The van der Waals surface area contributed by atoms with Crippen LogP contribution in [-0.2, 0) is 9.47 Å². The smallest absolute Gasteiger partial charge is 0.0762 e. The molecule has 0 bridgehead atoms. The Balaban J connectivity index is 2.87. The van der Waals surface area contributed by atoms with Gasteiger partial charge in [-0.05, 0) is 40.5 Å². The Morgan fingerprint density at radius 1 is 1.21 bits per heavy atom. The fourth-order valence-corrected chi connectivity index (χ4v) is 2.44. The molecule has 0 saturated carbocycles. The molecule has 0 aliphatic rings. The number of anilines is 1. The number of rotatable bonds is 8. The van der Waals surface area contributed by atoms with E-state index >= 15 is 0 Å². The van der Waals surface area contributed by atoms with E-state index in [1.165, 1.54) is 0 Å². The van der Waals surface area contributed by atoms with Crippen molar-refractivity contribution in [3.05, 3.63) is 28.2 Å². The van der Waals surface area contributed by atoms with Gasteiger partial charge >= 0.3 is 0 Å². The second kappa shape index (κ2) is 8.53. The summed E-state index contributed by atoms with van der Waals surface area (Å²) in [5.41, 5.74) is 1.98. The van der Waals surface area contributed by atoms with Crippen LogP contribution in [0.1, 0.15) is 18.6 Å². The summed E-state index contributed by atoms with van der Waals surface area (Å²) in [4.78, 5) is 2.20. The maximum Gasteiger partial charge on any atom is 0.0762 e. The Labute approximate surface area is 123 Å². The first kappa shape index (κ1) is 16.4. The van der Waals surface area contributed by atoms with Crippen molar-refractivity contribution in [2.75, 3.05) is 45.4 Å². The Hall–Kier alpha value is -0.620. The first-order chi connectivity index (χ1) is 9.10. The molecule has 1 atom stereocenters. The lowest BCUT2D eigenvalue weighted by Crippen LogP contribution is -2.30. The summed E-state index contributed by atoms with van der Waals surface area (Å²) < 4.78 is 11.2. The van der Waals surface area contributed by atoms with Crippen molar-refractivity contribution >= 4 is 21.6 Å². The fourth-order valence-electron chi connectivity index (χ4n) is 1.80. The molecule has 108 valence electrons. The van der Waals surface area contributed by atoms with E-state index in [0.717, 1.165) is 28.8 Å². The quantitative estimate of drug-likeness (QED) is 0.795. The minimum Gasteiger partial charge on any atom is -0.389 e. The lowest BCUT2D eigenvalue weighted by molar-refractivity contribution is 0.190. The number of hydrogen-bond acceptors (Lipinski definition) is 4. The molecule has 1 N–H and O–H groups in total. The second-order valence-corrected chi connectivity index (χ2v) is 5.21. The van der Waals surface area contributed by atoms with Gasteiger partial charge in [0.15, 0.2) is 0 Å². The summed E-state index contributed by atoms with van der Waals surface area (Å²) in [5.74, 6) is 0. The molecule has 1 aromatic rings. The number of aliphatic hydroxyl groups is 1. The molecule has 0 amide bonds. The van der Waals surface area contributed by atoms with Crippen LogP contribution in [0.3, 0.4) is 0 Å². The van der Waals surface area contributed by atoms with Gasteiger partial charge in [-0.2, -0.15) is 0 Å². The highest BCUT2D eigenvalue weighted by atomic mass is 79.9. The normalized spacial score (nSPS) is 12.5. The van der Waals surface area contributed by atoms with Gasteiger partial charge in [-0.3, -0.25) is 0 Å². The third kappa shape index (κ3) is 5.10. The molecule has 5 heteroatoms. The highest BCUT2D eigenvalue weighted by Crippen LogP contribution is 2.29. The fraction of sp³-hybridized carbons (Fsp3) is 0.571. The number of ether oxygens (including phenoxy) is 2. The Bertz CT molecular complexity index is 377. The average Bonchev–Trinajstić information content (AvgIpc) is 2.39. The largest absolute Gasteiger partial charge is 0.389 e. The maximum atomic E-state index is 9.59. The Kier molecular flexibility index (Phi) is 7.38. The van der Waals surface area contributed by atoms with Gasteiger partial charge in [0.05, 0.1) is 25.0 Å². The summed E-state index contributed by atoms with van der Waals surface area (Å²) in [6, 6.07) is 5.90. The summed E-state index contributed by atoms with van der Waals surface area (Å²) in [7, 11) is 3.39. The van der Waals surface area contributed by atoms with Gasteiger partial charge in [-0.1, -0.05) is 6.07 Å². The van der Waals surface area contributed by atoms with Crippen LogP contribution in [0.25, 0.3) is 0 Å². The first-order valence-electron chi connectivity index (χ1n) is 6.30. The average molecular weight is 332 g/mol. The number of nitrogens with zero attached hydrogens (tertiary/aromatic N) is 1. The summed E-state index contributed by atoms with van der Waals surface area (Å²) in [6.45, 7) is 4.68. The Morgan fingerprint density at radius 3 is 2.21 bits per heavy atom. The van der Waals surface area contributed by atoms with E-state index in [9.17, 15) is 5.11 Å². The van der Waals surface area contributed by atoms with Crippen molar-refractivity contribution in [1.82, 2.24) is 0 Å². The van der Waals surface area contributed by atoms with E-state index < -0.39 is 6.10 Å². The molecule has 0 radical (unpaired) electrons. The minimum atomic E-state index is -0.461. The van der Waals surface area contributed by atoms with Crippen molar-refractivity contribution < 1.29 is 14.6 Å². The van der Waals surface area contributed by atoms with Gasteiger partial charge in [0.2, 0.25) is 0 Å². The van der Waals surface area contributed by atoms with E-state index in [1.807, 2.05) is 18.2 Å². The monoisotopic (exact) mass is 331 g/mol. The lowest BCUT2D eigenvalue weighted by atomic mass is 10.1. The van der Waals surface area contributed by atoms with Crippen LogP contribution in [-0.4, -0.2) is 45.6 Å². The summed E-state index contributed by atoms with van der Waals surface area (Å²) in [6.07, 6.45) is -0.461. The molecule has 1 rings (SSSR count). The number of hydrogen-bond donors (Lipinski definition) is 1. The SMILES string of the molecule is COCCN(CCOC)c1ccc([C@H](C)O)cc1Br. The van der Waals surface area contributed by atoms with Crippen molar-refractivity contribution in [2.45, 2.75) is 13.0 Å². The molecule has 0 spiro atoms. The van der Waals surface area contributed by atoms with Crippen LogP contribution in [0.2, 0.25) is 0 Å². The van der Waals surface area contributed by atoms with Crippen LogP contribution in [0, 0.1) is 0 Å². The third-order valence-electron chi connectivity index (χ3n) is 2.93.